The van der Waals surface area contributed by atoms with E-state index in [1.807, 2.05) is 34.6 Å². The highest BCUT2D eigenvalue weighted by molar-refractivity contribution is 5.68. The lowest BCUT2D eigenvalue weighted by Gasteiger charge is -2.34. The zero-order valence-electron chi connectivity index (χ0n) is 13.5. The highest BCUT2D eigenvalue weighted by atomic mass is 16.6. The van der Waals surface area contributed by atoms with Gasteiger partial charge in [0.1, 0.15) is 5.60 Å². The molecule has 1 amide bonds. The van der Waals surface area contributed by atoms with Crippen LogP contribution in [-0.2, 0) is 4.74 Å². The summed E-state index contributed by atoms with van der Waals surface area (Å²) in [7, 11) is 0. The number of nitrogens with one attached hydrogen (secondary N) is 1. The number of nitrogens with zero attached hydrogens (tertiary/aromatic N) is 2. The van der Waals surface area contributed by atoms with Gasteiger partial charge >= 0.3 is 6.09 Å². The first-order valence-corrected chi connectivity index (χ1v) is 7.43. The molecule has 118 valence electrons. The van der Waals surface area contributed by atoms with E-state index in [9.17, 15) is 4.79 Å². The van der Waals surface area contributed by atoms with Gasteiger partial charge in [-0.1, -0.05) is 5.16 Å². The second kappa shape index (κ2) is 5.95. The SMILES string of the molecule is Cc1noc(NC2CCCN(C(=O)OC(C)(C)C)C2)c1C. The Bertz CT molecular complexity index is 505. The van der Waals surface area contributed by atoms with Crippen molar-refractivity contribution in [1.82, 2.24) is 10.1 Å². The van der Waals surface area contributed by atoms with Crippen molar-refractivity contribution in [3.8, 4) is 0 Å². The number of anilines is 1. The van der Waals surface area contributed by atoms with E-state index in [2.05, 4.69) is 10.5 Å². The molecule has 2 rings (SSSR count). The molecule has 0 spiro atoms. The number of carbonyl (C=O) groups is 1. The Morgan fingerprint density at radius 2 is 2.14 bits per heavy atom. The number of hydrogen-bond acceptors (Lipinski definition) is 5. The van der Waals surface area contributed by atoms with Crippen LogP contribution in [0.1, 0.15) is 44.9 Å². The summed E-state index contributed by atoms with van der Waals surface area (Å²) in [6, 6.07) is 0.164. The molecule has 1 aliphatic rings. The Labute approximate surface area is 125 Å². The van der Waals surface area contributed by atoms with Gasteiger partial charge in [0, 0.05) is 24.7 Å². The number of aromatic nitrogens is 1. The van der Waals surface area contributed by atoms with Gasteiger partial charge in [0.05, 0.1) is 5.69 Å². The van der Waals surface area contributed by atoms with E-state index in [-0.39, 0.29) is 12.1 Å². The number of piperidine rings is 1. The van der Waals surface area contributed by atoms with E-state index in [4.69, 9.17) is 9.26 Å². The molecule has 1 fully saturated rings. The third-order valence-electron chi connectivity index (χ3n) is 3.57. The van der Waals surface area contributed by atoms with Crippen LogP contribution in [0.25, 0.3) is 0 Å². The van der Waals surface area contributed by atoms with E-state index >= 15 is 0 Å². The Hall–Kier alpha value is -1.72. The molecule has 1 N–H and O–H groups in total. The normalized spacial score (nSPS) is 19.5. The van der Waals surface area contributed by atoms with Gasteiger partial charge in [0.15, 0.2) is 0 Å². The summed E-state index contributed by atoms with van der Waals surface area (Å²) in [5.74, 6) is 0.698. The van der Waals surface area contributed by atoms with E-state index in [1.54, 1.807) is 4.90 Å². The van der Waals surface area contributed by atoms with Crippen molar-refractivity contribution in [3.63, 3.8) is 0 Å². The van der Waals surface area contributed by atoms with Gasteiger partial charge in [-0.15, -0.1) is 0 Å². The molecule has 1 unspecified atom stereocenters. The van der Waals surface area contributed by atoms with Crippen LogP contribution in [0.2, 0.25) is 0 Å². The smallest absolute Gasteiger partial charge is 0.410 e. The predicted octanol–water partition coefficient (Wildman–Crippen LogP) is 3.10. The van der Waals surface area contributed by atoms with Gasteiger partial charge in [-0.3, -0.25) is 0 Å². The number of likely N-dealkylation sites (tertiary alicyclic amines) is 1. The number of ether oxygens (including phenoxy) is 1. The van der Waals surface area contributed by atoms with Crippen LogP contribution in [0, 0.1) is 13.8 Å². The predicted molar refractivity (Wildman–Crippen MR) is 80.4 cm³/mol. The summed E-state index contributed by atoms with van der Waals surface area (Å²) in [6.45, 7) is 10.9. The van der Waals surface area contributed by atoms with Crippen LogP contribution in [0.3, 0.4) is 0 Å². The Morgan fingerprint density at radius 1 is 1.43 bits per heavy atom. The molecule has 1 atom stereocenters. The number of hydrogen-bond donors (Lipinski definition) is 1. The minimum Gasteiger partial charge on any atom is -0.444 e. The number of amides is 1. The topological polar surface area (TPSA) is 67.6 Å². The monoisotopic (exact) mass is 295 g/mol. The Kier molecular flexibility index (Phi) is 4.44. The molecule has 2 heterocycles. The highest BCUT2D eigenvalue weighted by Gasteiger charge is 2.28. The minimum absolute atomic E-state index is 0.164. The number of rotatable bonds is 2. The minimum atomic E-state index is -0.462. The van der Waals surface area contributed by atoms with E-state index in [0.29, 0.717) is 12.4 Å². The van der Waals surface area contributed by atoms with E-state index < -0.39 is 5.60 Å². The lowest BCUT2D eigenvalue weighted by Crippen LogP contribution is -2.47. The van der Waals surface area contributed by atoms with Gasteiger partial charge in [0.25, 0.3) is 0 Å². The van der Waals surface area contributed by atoms with Crippen molar-refractivity contribution in [2.24, 2.45) is 0 Å². The summed E-state index contributed by atoms with van der Waals surface area (Å²) in [5.41, 5.74) is 1.44. The number of aryl methyl sites for hydroxylation is 1. The van der Waals surface area contributed by atoms with E-state index in [0.717, 1.165) is 30.6 Å². The van der Waals surface area contributed by atoms with Gasteiger partial charge in [-0.2, -0.15) is 0 Å². The molecule has 1 aliphatic heterocycles. The first-order valence-electron chi connectivity index (χ1n) is 7.43. The van der Waals surface area contributed by atoms with Gasteiger partial charge in [-0.05, 0) is 47.5 Å². The maximum Gasteiger partial charge on any atom is 0.410 e. The van der Waals surface area contributed by atoms with Crippen molar-refractivity contribution in [1.29, 1.82) is 0 Å². The summed E-state index contributed by atoms with van der Waals surface area (Å²) in [5, 5.41) is 7.28. The van der Waals surface area contributed by atoms with Crippen LogP contribution in [0.15, 0.2) is 4.52 Å². The van der Waals surface area contributed by atoms with Crippen molar-refractivity contribution in [3.05, 3.63) is 11.3 Å². The first-order chi connectivity index (χ1) is 9.76. The first kappa shape index (κ1) is 15.7. The van der Waals surface area contributed by atoms with Crippen LogP contribution in [0.4, 0.5) is 10.7 Å². The fourth-order valence-electron chi connectivity index (χ4n) is 2.32. The second-order valence-electron chi connectivity index (χ2n) is 6.63. The summed E-state index contributed by atoms with van der Waals surface area (Å²) < 4.78 is 10.7. The number of carbonyl (C=O) groups excluding carboxylic acids is 1. The molecule has 1 aromatic rings. The summed E-state index contributed by atoms with van der Waals surface area (Å²) >= 11 is 0. The standard InChI is InChI=1S/C15H25N3O3/c1-10-11(2)17-21-13(10)16-12-7-6-8-18(9-12)14(19)20-15(3,4)5/h12,16H,6-9H2,1-5H3. The molecule has 0 aliphatic carbocycles. The zero-order chi connectivity index (χ0) is 15.6. The molecule has 6 nitrogen and oxygen atoms in total. The molecule has 6 heteroatoms. The average molecular weight is 295 g/mol. The lowest BCUT2D eigenvalue weighted by molar-refractivity contribution is 0.0205. The molecule has 0 saturated carbocycles. The lowest BCUT2D eigenvalue weighted by atomic mass is 10.1. The second-order valence-corrected chi connectivity index (χ2v) is 6.63. The molecule has 0 bridgehead atoms. The third kappa shape index (κ3) is 4.12. The fourth-order valence-corrected chi connectivity index (χ4v) is 2.32. The molecular formula is C15H25N3O3. The van der Waals surface area contributed by atoms with Crippen molar-refractivity contribution in [2.75, 3.05) is 18.4 Å². The van der Waals surface area contributed by atoms with Crippen LogP contribution in [-0.4, -0.2) is 40.9 Å². The molecule has 1 aromatic heterocycles. The van der Waals surface area contributed by atoms with Crippen molar-refractivity contribution < 1.29 is 14.1 Å². The van der Waals surface area contributed by atoms with Crippen LogP contribution in [0.5, 0.6) is 0 Å². The maximum atomic E-state index is 12.1. The fraction of sp³-hybridized carbons (Fsp3) is 0.733. The molecule has 1 saturated heterocycles. The van der Waals surface area contributed by atoms with Gasteiger partial charge in [-0.25, -0.2) is 4.79 Å². The Morgan fingerprint density at radius 3 is 2.71 bits per heavy atom. The van der Waals surface area contributed by atoms with Gasteiger partial charge in [0.2, 0.25) is 5.88 Å². The van der Waals surface area contributed by atoms with E-state index in [1.165, 1.54) is 0 Å². The molecule has 0 radical (unpaired) electrons. The van der Waals surface area contributed by atoms with Crippen LogP contribution < -0.4 is 5.32 Å². The quantitative estimate of drug-likeness (QED) is 0.908. The van der Waals surface area contributed by atoms with Crippen molar-refractivity contribution in [2.45, 2.75) is 59.1 Å². The summed E-state index contributed by atoms with van der Waals surface area (Å²) in [4.78, 5) is 13.9. The van der Waals surface area contributed by atoms with Crippen molar-refractivity contribution >= 4 is 12.0 Å². The largest absolute Gasteiger partial charge is 0.444 e. The Balaban J connectivity index is 1.94. The third-order valence-corrected chi connectivity index (χ3v) is 3.57. The summed E-state index contributed by atoms with van der Waals surface area (Å²) in [6.07, 6.45) is 1.70. The molecule has 21 heavy (non-hydrogen) atoms. The van der Waals surface area contributed by atoms with Crippen LogP contribution >= 0.6 is 0 Å². The molecular weight excluding hydrogens is 270 g/mol. The zero-order valence-corrected chi connectivity index (χ0v) is 13.5. The average Bonchev–Trinajstić information content (AvgIpc) is 2.69. The highest BCUT2D eigenvalue weighted by Crippen LogP contribution is 2.22. The molecule has 0 aromatic carbocycles. The maximum absolute atomic E-state index is 12.1. The van der Waals surface area contributed by atoms with Gasteiger partial charge < -0.3 is 19.5 Å².